The van der Waals surface area contributed by atoms with E-state index in [2.05, 4.69) is 61.9 Å². The summed E-state index contributed by atoms with van der Waals surface area (Å²) >= 11 is 1.82. The van der Waals surface area contributed by atoms with E-state index in [1.165, 1.54) is 29.1 Å². The summed E-state index contributed by atoms with van der Waals surface area (Å²) in [5, 5.41) is 3.19. The van der Waals surface area contributed by atoms with Crippen LogP contribution in [-0.4, -0.2) is 37.0 Å². The molecule has 1 amide bonds. The zero-order chi connectivity index (χ0) is 21.7. The molecule has 2 aromatic rings. The molecule has 4 nitrogen and oxygen atoms in total. The maximum atomic E-state index is 13.2. The summed E-state index contributed by atoms with van der Waals surface area (Å²) in [7, 11) is 0. The highest BCUT2D eigenvalue weighted by molar-refractivity contribution is 7.13. The molecule has 2 heterocycles. The molecule has 0 saturated carbocycles. The first-order valence-electron chi connectivity index (χ1n) is 11.6. The molecule has 0 spiro atoms. The van der Waals surface area contributed by atoms with E-state index in [9.17, 15) is 4.79 Å². The molecule has 0 atom stereocenters. The Morgan fingerprint density at radius 1 is 1.07 bits per heavy atom. The molecule has 0 saturated heterocycles. The Labute approximate surface area is 186 Å². The van der Waals surface area contributed by atoms with Crippen molar-refractivity contribution in [1.82, 2.24) is 4.90 Å². The molecule has 164 valence electrons. The number of rotatable bonds is 10. The number of benzene rings is 1. The van der Waals surface area contributed by atoms with Crippen molar-refractivity contribution in [3.8, 4) is 0 Å². The number of unbranched alkanes of at least 4 members (excludes halogenated alkanes) is 2. The van der Waals surface area contributed by atoms with Crippen molar-refractivity contribution in [3.63, 3.8) is 0 Å². The minimum atomic E-state index is 0.0427. The van der Waals surface area contributed by atoms with Crippen LogP contribution in [0.25, 0.3) is 0 Å². The smallest absolute Gasteiger partial charge is 0.258 e. The first kappa shape index (κ1) is 22.8. The fraction of sp³-hybridized carbons (Fsp3) is 0.560. The van der Waals surface area contributed by atoms with Crippen LogP contribution in [0.3, 0.4) is 0 Å². The number of hydrogen-bond acceptors (Lipinski definition) is 4. The lowest BCUT2D eigenvalue weighted by Crippen LogP contribution is -2.24. The first-order valence-corrected chi connectivity index (χ1v) is 12.4. The number of fused-ring (bicyclic) bond motifs is 2. The molecule has 30 heavy (non-hydrogen) atoms. The number of hydrogen-bond donors (Lipinski definition) is 1. The highest BCUT2D eigenvalue weighted by atomic mass is 32.1. The molecular formula is C25H37N3OS. The number of para-hydroxylation sites is 2. The van der Waals surface area contributed by atoms with E-state index < -0.39 is 0 Å². The van der Waals surface area contributed by atoms with Crippen molar-refractivity contribution in [2.24, 2.45) is 0 Å². The lowest BCUT2D eigenvalue weighted by Gasteiger charge is -2.26. The Balaban J connectivity index is 1.90. The SMILES string of the molecule is CCc1sc(C(C)C)c2c1N(CCCCCN(CC)CC)c1ccccc1NC2=O. The third kappa shape index (κ3) is 4.73. The Morgan fingerprint density at radius 2 is 1.80 bits per heavy atom. The summed E-state index contributed by atoms with van der Waals surface area (Å²) in [6.45, 7) is 15.4. The highest BCUT2D eigenvalue weighted by Crippen LogP contribution is 2.46. The van der Waals surface area contributed by atoms with Gasteiger partial charge in [0.05, 0.1) is 22.6 Å². The number of amides is 1. The van der Waals surface area contributed by atoms with Gasteiger partial charge >= 0.3 is 0 Å². The van der Waals surface area contributed by atoms with Crippen LogP contribution in [0.5, 0.6) is 0 Å². The van der Waals surface area contributed by atoms with Crippen LogP contribution in [0.15, 0.2) is 24.3 Å². The number of carbonyl (C=O) groups excluding carboxylic acids is 1. The van der Waals surface area contributed by atoms with Crippen LogP contribution < -0.4 is 10.2 Å². The van der Waals surface area contributed by atoms with Gasteiger partial charge in [0.1, 0.15) is 0 Å². The Bertz CT molecular complexity index is 854. The number of nitrogens with zero attached hydrogens (tertiary/aromatic N) is 2. The first-order chi connectivity index (χ1) is 14.5. The predicted octanol–water partition coefficient (Wildman–Crippen LogP) is 6.65. The van der Waals surface area contributed by atoms with Crippen molar-refractivity contribution >= 4 is 34.3 Å². The molecule has 1 aromatic carbocycles. The Hall–Kier alpha value is -1.85. The largest absolute Gasteiger partial charge is 0.338 e. The lowest BCUT2D eigenvalue weighted by atomic mass is 10.0. The molecule has 1 N–H and O–H groups in total. The second-order valence-corrected chi connectivity index (χ2v) is 9.47. The van der Waals surface area contributed by atoms with Crippen molar-refractivity contribution in [2.45, 2.75) is 66.2 Å². The number of nitrogens with one attached hydrogen (secondary N) is 1. The molecule has 1 aliphatic rings. The highest BCUT2D eigenvalue weighted by Gasteiger charge is 2.32. The summed E-state index contributed by atoms with van der Waals surface area (Å²) in [6, 6.07) is 8.25. The summed E-state index contributed by atoms with van der Waals surface area (Å²) in [5.74, 6) is 0.382. The molecule has 1 aromatic heterocycles. The van der Waals surface area contributed by atoms with Crippen molar-refractivity contribution in [1.29, 1.82) is 0 Å². The maximum absolute atomic E-state index is 13.2. The van der Waals surface area contributed by atoms with E-state index >= 15 is 0 Å². The van der Waals surface area contributed by atoms with Crippen LogP contribution in [0.2, 0.25) is 0 Å². The number of anilines is 3. The molecule has 0 unspecified atom stereocenters. The van der Waals surface area contributed by atoms with Crippen LogP contribution in [0.4, 0.5) is 17.1 Å². The fourth-order valence-corrected chi connectivity index (χ4v) is 5.56. The monoisotopic (exact) mass is 427 g/mol. The fourth-order valence-electron chi connectivity index (χ4n) is 4.31. The van der Waals surface area contributed by atoms with E-state index in [0.717, 1.165) is 55.1 Å². The zero-order valence-electron chi connectivity index (χ0n) is 19.3. The summed E-state index contributed by atoms with van der Waals surface area (Å²) in [6.07, 6.45) is 4.50. The average Bonchev–Trinajstić information content (AvgIpc) is 3.09. The summed E-state index contributed by atoms with van der Waals surface area (Å²) < 4.78 is 0. The second kappa shape index (κ2) is 10.5. The van der Waals surface area contributed by atoms with E-state index in [-0.39, 0.29) is 5.91 Å². The minimum absolute atomic E-state index is 0.0427. The second-order valence-electron chi connectivity index (χ2n) is 8.33. The van der Waals surface area contributed by atoms with Gasteiger partial charge in [-0.25, -0.2) is 0 Å². The topological polar surface area (TPSA) is 35.6 Å². The molecule has 3 rings (SSSR count). The Kier molecular flexibility index (Phi) is 7.95. The molecule has 0 aliphatic carbocycles. The van der Waals surface area contributed by atoms with Crippen molar-refractivity contribution in [3.05, 3.63) is 39.6 Å². The van der Waals surface area contributed by atoms with Gasteiger partial charge in [-0.15, -0.1) is 11.3 Å². The molecule has 5 heteroatoms. The van der Waals surface area contributed by atoms with Gasteiger partial charge in [-0.3, -0.25) is 4.79 Å². The average molecular weight is 428 g/mol. The van der Waals surface area contributed by atoms with Gasteiger partial charge in [-0.05, 0) is 56.9 Å². The number of thiophene rings is 1. The molecule has 1 aliphatic heterocycles. The zero-order valence-corrected chi connectivity index (χ0v) is 20.1. The van der Waals surface area contributed by atoms with Gasteiger partial charge in [0.15, 0.2) is 0 Å². The summed E-state index contributed by atoms with van der Waals surface area (Å²) in [4.78, 5) is 20.7. The van der Waals surface area contributed by atoms with E-state index in [1.54, 1.807) is 0 Å². The van der Waals surface area contributed by atoms with Gasteiger partial charge in [0.25, 0.3) is 5.91 Å². The van der Waals surface area contributed by atoms with Gasteiger partial charge in [0.2, 0.25) is 0 Å². The standard InChI is InChI=1S/C25H37N3OS/c1-6-21-23-22(24(30-21)18(4)5)25(29)26-19-14-10-11-15-20(19)28(23)17-13-9-12-16-27(7-2)8-3/h10-11,14-15,18H,6-9,12-13,16-17H2,1-5H3,(H,26,29). The predicted molar refractivity (Wildman–Crippen MR) is 131 cm³/mol. The van der Waals surface area contributed by atoms with Crippen LogP contribution in [-0.2, 0) is 6.42 Å². The molecular weight excluding hydrogens is 390 g/mol. The van der Waals surface area contributed by atoms with Gasteiger partial charge in [-0.2, -0.15) is 0 Å². The molecule has 0 radical (unpaired) electrons. The normalized spacial score (nSPS) is 13.4. The van der Waals surface area contributed by atoms with Crippen molar-refractivity contribution < 1.29 is 4.79 Å². The van der Waals surface area contributed by atoms with Crippen LogP contribution in [0.1, 0.15) is 79.9 Å². The third-order valence-corrected chi connectivity index (χ3v) is 7.64. The van der Waals surface area contributed by atoms with Crippen LogP contribution >= 0.6 is 11.3 Å². The number of aryl methyl sites for hydroxylation is 1. The van der Waals surface area contributed by atoms with E-state index in [0.29, 0.717) is 5.92 Å². The van der Waals surface area contributed by atoms with Crippen LogP contribution in [0, 0.1) is 0 Å². The maximum Gasteiger partial charge on any atom is 0.258 e. The third-order valence-electron chi connectivity index (χ3n) is 6.02. The van der Waals surface area contributed by atoms with Gasteiger partial charge in [-0.1, -0.05) is 53.2 Å². The molecule has 0 bridgehead atoms. The van der Waals surface area contributed by atoms with E-state index in [4.69, 9.17) is 0 Å². The molecule has 0 fully saturated rings. The van der Waals surface area contributed by atoms with Crippen molar-refractivity contribution in [2.75, 3.05) is 36.4 Å². The van der Waals surface area contributed by atoms with Gasteiger partial charge < -0.3 is 15.1 Å². The Morgan fingerprint density at radius 3 is 2.47 bits per heavy atom. The quantitative estimate of drug-likeness (QED) is 0.431. The lowest BCUT2D eigenvalue weighted by molar-refractivity contribution is 0.102. The summed E-state index contributed by atoms with van der Waals surface area (Å²) in [5.41, 5.74) is 4.09. The van der Waals surface area contributed by atoms with Gasteiger partial charge in [0, 0.05) is 16.3 Å². The van der Waals surface area contributed by atoms with E-state index in [1.807, 2.05) is 23.5 Å². The minimum Gasteiger partial charge on any atom is -0.338 e. The number of carbonyl (C=O) groups is 1.